The lowest BCUT2D eigenvalue weighted by Gasteiger charge is -2.11. The number of esters is 1. The van der Waals surface area contributed by atoms with Gasteiger partial charge in [0.15, 0.2) is 0 Å². The van der Waals surface area contributed by atoms with Gasteiger partial charge in [-0.2, -0.15) is 0 Å². The summed E-state index contributed by atoms with van der Waals surface area (Å²) in [5, 5.41) is 4.74. The Bertz CT molecular complexity index is 1310. The van der Waals surface area contributed by atoms with Crippen LogP contribution >= 0.6 is 0 Å². The Labute approximate surface area is 160 Å². The fourth-order valence-electron chi connectivity index (χ4n) is 3.83. The number of halogens is 1. The van der Waals surface area contributed by atoms with Crippen LogP contribution in [0.2, 0.25) is 0 Å². The molecule has 0 fully saturated rings. The molecule has 5 rings (SSSR count). The molecule has 4 aromatic carbocycles. The van der Waals surface area contributed by atoms with Crippen LogP contribution in [0.1, 0.15) is 21.5 Å². The highest BCUT2D eigenvalue weighted by molar-refractivity contribution is 6.10. The minimum Gasteiger partial charge on any atom is -0.423 e. The van der Waals surface area contributed by atoms with Gasteiger partial charge in [-0.05, 0) is 57.8 Å². The highest BCUT2D eigenvalue weighted by atomic mass is 19.1. The highest BCUT2D eigenvalue weighted by Crippen LogP contribution is 2.37. The quantitative estimate of drug-likeness (QED) is 0.290. The fourth-order valence-corrected chi connectivity index (χ4v) is 3.83. The number of nitrogens with two attached hydrogens (primary N) is 1. The zero-order valence-electron chi connectivity index (χ0n) is 14.9. The SMILES string of the molecule is Nc1cc(C(=O)OC2=CCc3c2ccc2c3ccc3ccccc32)ccc1F. The van der Waals surface area contributed by atoms with E-state index < -0.39 is 11.8 Å². The number of hydrogen-bond donors (Lipinski definition) is 1. The van der Waals surface area contributed by atoms with Crippen LogP contribution in [0, 0.1) is 5.82 Å². The summed E-state index contributed by atoms with van der Waals surface area (Å²) in [7, 11) is 0. The molecule has 0 radical (unpaired) electrons. The second-order valence-corrected chi connectivity index (χ2v) is 6.87. The average molecular weight is 369 g/mol. The zero-order valence-corrected chi connectivity index (χ0v) is 14.9. The molecule has 0 amide bonds. The molecule has 0 saturated heterocycles. The molecular weight excluding hydrogens is 353 g/mol. The van der Waals surface area contributed by atoms with Crippen molar-refractivity contribution in [3.63, 3.8) is 0 Å². The maximum atomic E-state index is 13.3. The first-order valence-electron chi connectivity index (χ1n) is 9.03. The Hall–Kier alpha value is -3.66. The van der Waals surface area contributed by atoms with Crippen LogP contribution in [0.15, 0.2) is 72.8 Å². The van der Waals surface area contributed by atoms with Gasteiger partial charge >= 0.3 is 5.97 Å². The number of fused-ring (bicyclic) bond motifs is 5. The normalized spacial score (nSPS) is 12.8. The van der Waals surface area contributed by atoms with Gasteiger partial charge in [0.25, 0.3) is 0 Å². The van der Waals surface area contributed by atoms with Crippen LogP contribution in [-0.4, -0.2) is 5.97 Å². The zero-order chi connectivity index (χ0) is 19.3. The Morgan fingerprint density at radius 3 is 2.61 bits per heavy atom. The molecule has 0 saturated carbocycles. The maximum Gasteiger partial charge on any atom is 0.343 e. The molecule has 2 N–H and O–H groups in total. The van der Waals surface area contributed by atoms with E-state index in [0.29, 0.717) is 12.2 Å². The third kappa shape index (κ3) is 2.54. The Kier molecular flexibility index (Phi) is 3.66. The third-order valence-corrected chi connectivity index (χ3v) is 5.23. The number of benzene rings is 4. The first kappa shape index (κ1) is 16.5. The van der Waals surface area contributed by atoms with E-state index in [-0.39, 0.29) is 11.3 Å². The summed E-state index contributed by atoms with van der Waals surface area (Å²) < 4.78 is 18.9. The van der Waals surface area contributed by atoms with Crippen molar-refractivity contribution in [2.45, 2.75) is 6.42 Å². The summed E-state index contributed by atoms with van der Waals surface area (Å²) in [6, 6.07) is 20.4. The number of carbonyl (C=O) groups excluding carboxylic acids is 1. The summed E-state index contributed by atoms with van der Waals surface area (Å²) in [5.41, 5.74) is 7.75. The van der Waals surface area contributed by atoms with Crippen molar-refractivity contribution in [3.05, 3.63) is 95.3 Å². The molecule has 1 aliphatic rings. The van der Waals surface area contributed by atoms with Gasteiger partial charge < -0.3 is 10.5 Å². The molecule has 0 aromatic heterocycles. The van der Waals surface area contributed by atoms with E-state index in [2.05, 4.69) is 30.3 Å². The van der Waals surface area contributed by atoms with E-state index in [0.717, 1.165) is 16.5 Å². The lowest BCUT2D eigenvalue weighted by molar-refractivity contribution is 0.0692. The number of allylic oxidation sites excluding steroid dienone is 1. The van der Waals surface area contributed by atoms with Crippen LogP contribution < -0.4 is 5.73 Å². The lowest BCUT2D eigenvalue weighted by Crippen LogP contribution is -2.05. The smallest absolute Gasteiger partial charge is 0.343 e. The summed E-state index contributed by atoms with van der Waals surface area (Å²) >= 11 is 0. The van der Waals surface area contributed by atoms with Crippen molar-refractivity contribution in [1.29, 1.82) is 0 Å². The highest BCUT2D eigenvalue weighted by Gasteiger charge is 2.21. The largest absolute Gasteiger partial charge is 0.423 e. The number of ether oxygens (including phenoxy) is 1. The van der Waals surface area contributed by atoms with E-state index >= 15 is 0 Å². The first-order chi connectivity index (χ1) is 13.6. The van der Waals surface area contributed by atoms with Crippen LogP contribution in [0.25, 0.3) is 27.3 Å². The standard InChI is InChI=1S/C24H16FNO2/c25-21-11-6-15(13-22(21)26)24(27)28-23-12-10-19-18-7-5-14-3-1-2-4-16(14)17(18)8-9-20(19)23/h1-9,11-13H,10,26H2. The Morgan fingerprint density at radius 2 is 1.75 bits per heavy atom. The van der Waals surface area contributed by atoms with Gasteiger partial charge in [-0.25, -0.2) is 9.18 Å². The van der Waals surface area contributed by atoms with Crippen molar-refractivity contribution < 1.29 is 13.9 Å². The molecule has 0 spiro atoms. The number of carbonyl (C=O) groups is 1. The van der Waals surface area contributed by atoms with E-state index in [1.54, 1.807) is 0 Å². The van der Waals surface area contributed by atoms with Crippen molar-refractivity contribution in [1.82, 2.24) is 0 Å². The van der Waals surface area contributed by atoms with Crippen LogP contribution in [0.4, 0.5) is 10.1 Å². The van der Waals surface area contributed by atoms with E-state index in [1.165, 1.54) is 34.4 Å². The van der Waals surface area contributed by atoms with Crippen LogP contribution in [0.5, 0.6) is 0 Å². The van der Waals surface area contributed by atoms with Crippen molar-refractivity contribution >= 4 is 39.0 Å². The van der Waals surface area contributed by atoms with Gasteiger partial charge in [-0.1, -0.05) is 48.5 Å². The van der Waals surface area contributed by atoms with Gasteiger partial charge in [0.2, 0.25) is 0 Å². The van der Waals surface area contributed by atoms with Crippen molar-refractivity contribution in [2.24, 2.45) is 0 Å². The Balaban J connectivity index is 1.52. The molecule has 3 nitrogen and oxygen atoms in total. The molecule has 0 atom stereocenters. The van der Waals surface area contributed by atoms with Gasteiger partial charge in [-0.3, -0.25) is 0 Å². The third-order valence-electron chi connectivity index (χ3n) is 5.23. The van der Waals surface area contributed by atoms with Crippen LogP contribution in [-0.2, 0) is 11.2 Å². The number of rotatable bonds is 2. The fraction of sp³-hybridized carbons (Fsp3) is 0.0417. The second kappa shape index (κ2) is 6.20. The lowest BCUT2D eigenvalue weighted by atomic mass is 9.96. The Morgan fingerprint density at radius 1 is 0.929 bits per heavy atom. The minimum absolute atomic E-state index is 0.0758. The summed E-state index contributed by atoms with van der Waals surface area (Å²) in [4.78, 5) is 12.5. The van der Waals surface area contributed by atoms with Gasteiger partial charge in [0.05, 0.1) is 11.3 Å². The van der Waals surface area contributed by atoms with Gasteiger partial charge in [0, 0.05) is 5.56 Å². The second-order valence-electron chi connectivity index (χ2n) is 6.87. The number of nitrogen functional groups attached to an aromatic ring is 1. The maximum absolute atomic E-state index is 13.3. The van der Waals surface area contributed by atoms with Crippen molar-refractivity contribution in [2.75, 3.05) is 5.73 Å². The topological polar surface area (TPSA) is 52.3 Å². The molecule has 0 unspecified atom stereocenters. The summed E-state index contributed by atoms with van der Waals surface area (Å²) in [6.45, 7) is 0. The van der Waals surface area contributed by atoms with Gasteiger partial charge in [-0.15, -0.1) is 0 Å². The van der Waals surface area contributed by atoms with E-state index in [9.17, 15) is 9.18 Å². The van der Waals surface area contributed by atoms with E-state index in [4.69, 9.17) is 10.5 Å². The summed E-state index contributed by atoms with van der Waals surface area (Å²) in [6.07, 6.45) is 2.60. The van der Waals surface area contributed by atoms with E-state index in [1.807, 2.05) is 24.3 Å². The first-order valence-corrected chi connectivity index (χ1v) is 9.03. The van der Waals surface area contributed by atoms with Crippen LogP contribution in [0.3, 0.4) is 0 Å². The monoisotopic (exact) mass is 369 g/mol. The molecule has 136 valence electrons. The van der Waals surface area contributed by atoms with Crippen molar-refractivity contribution in [3.8, 4) is 0 Å². The molecule has 4 aromatic rings. The number of hydrogen-bond acceptors (Lipinski definition) is 3. The molecule has 4 heteroatoms. The molecule has 0 heterocycles. The average Bonchev–Trinajstić information content (AvgIpc) is 3.12. The molecule has 28 heavy (non-hydrogen) atoms. The molecule has 0 aliphatic heterocycles. The predicted octanol–water partition coefficient (Wildman–Crippen LogP) is 5.47. The van der Waals surface area contributed by atoms with Gasteiger partial charge in [0.1, 0.15) is 11.6 Å². The molecular formula is C24H16FNO2. The summed E-state index contributed by atoms with van der Waals surface area (Å²) in [5.74, 6) is -0.581. The number of anilines is 1. The minimum atomic E-state index is -0.555. The molecule has 1 aliphatic carbocycles. The molecule has 0 bridgehead atoms. The predicted molar refractivity (Wildman–Crippen MR) is 109 cm³/mol.